The van der Waals surface area contributed by atoms with E-state index in [4.69, 9.17) is 4.65 Å². The van der Waals surface area contributed by atoms with E-state index < -0.39 is 0 Å². The molecule has 59 valence electrons. The highest BCUT2D eigenvalue weighted by Gasteiger charge is 2.10. The number of carbonyl (C=O) groups is 1. The molecule has 0 amide bonds. The number of fused-ring (bicyclic) bond motifs is 1. The maximum Gasteiger partial charge on any atom is 0.330 e. The van der Waals surface area contributed by atoms with Crippen molar-refractivity contribution in [1.82, 2.24) is 0 Å². The molecule has 0 aliphatic carbocycles. The van der Waals surface area contributed by atoms with Crippen LogP contribution in [0.3, 0.4) is 0 Å². The summed E-state index contributed by atoms with van der Waals surface area (Å²) in [7, 11) is 1.74. The van der Waals surface area contributed by atoms with Crippen LogP contribution in [0, 0.1) is 0 Å². The normalized spacial score (nSPS) is 14.7. The lowest BCUT2D eigenvalue weighted by Crippen LogP contribution is -2.29. The van der Waals surface area contributed by atoms with Crippen molar-refractivity contribution in [2.75, 3.05) is 6.61 Å². The van der Waals surface area contributed by atoms with E-state index in [0.29, 0.717) is 0 Å². The van der Waals surface area contributed by atoms with Crippen LogP contribution in [0.5, 0.6) is 0 Å². The molecule has 0 unspecified atom stereocenters. The minimum absolute atomic E-state index is 0.718. The highest BCUT2D eigenvalue weighted by atomic mass is 16.4. The highest BCUT2D eigenvalue weighted by molar-refractivity contribution is 6.48. The predicted octanol–water partition coefficient (Wildman–Crippen LogP) is 0.316. The molecule has 1 aromatic carbocycles. The molecule has 1 aromatic rings. The van der Waals surface area contributed by atoms with Gasteiger partial charge in [0, 0.05) is 12.2 Å². The number of hydrogen-bond donors (Lipinski definition) is 0. The van der Waals surface area contributed by atoms with Crippen molar-refractivity contribution in [2.45, 2.75) is 6.42 Å². The molecule has 3 heteroatoms. The predicted molar refractivity (Wildman–Crippen MR) is 46.9 cm³/mol. The third kappa shape index (κ3) is 1.28. The van der Waals surface area contributed by atoms with Gasteiger partial charge in [-0.1, -0.05) is 17.6 Å². The van der Waals surface area contributed by atoms with Crippen molar-refractivity contribution >= 4 is 19.2 Å². The summed E-state index contributed by atoms with van der Waals surface area (Å²) < 4.78 is 5.16. The monoisotopic (exact) mass is 159 g/mol. The fourth-order valence-electron chi connectivity index (χ4n) is 1.35. The van der Waals surface area contributed by atoms with E-state index in [0.717, 1.165) is 30.3 Å². The van der Waals surface area contributed by atoms with Crippen LogP contribution in [0.2, 0.25) is 0 Å². The zero-order chi connectivity index (χ0) is 8.39. The first kappa shape index (κ1) is 7.56. The van der Waals surface area contributed by atoms with Gasteiger partial charge in [-0.15, -0.1) is 0 Å². The van der Waals surface area contributed by atoms with Crippen molar-refractivity contribution < 1.29 is 9.45 Å². The quantitative estimate of drug-likeness (QED) is 0.435. The molecule has 0 bridgehead atoms. The average molecular weight is 159 g/mol. The van der Waals surface area contributed by atoms with Crippen LogP contribution in [0.4, 0.5) is 0 Å². The highest BCUT2D eigenvalue weighted by Crippen LogP contribution is 2.05. The molecule has 1 aliphatic heterocycles. The first-order chi connectivity index (χ1) is 5.90. The van der Waals surface area contributed by atoms with E-state index in [-0.39, 0.29) is 0 Å². The van der Waals surface area contributed by atoms with Gasteiger partial charge < -0.3 is 4.65 Å². The summed E-state index contributed by atoms with van der Waals surface area (Å²) in [6, 6.07) is 5.64. The van der Waals surface area contributed by atoms with E-state index in [1.54, 1.807) is 13.5 Å². The summed E-state index contributed by atoms with van der Waals surface area (Å²) in [4.78, 5) is 10.5. The summed E-state index contributed by atoms with van der Waals surface area (Å²) in [6.07, 6.45) is 1.77. The zero-order valence-corrected chi connectivity index (χ0v) is 6.62. The zero-order valence-electron chi connectivity index (χ0n) is 6.62. The van der Waals surface area contributed by atoms with E-state index >= 15 is 0 Å². The van der Waals surface area contributed by atoms with Gasteiger partial charge in [-0.2, -0.15) is 0 Å². The molecule has 1 radical (unpaired) electrons. The van der Waals surface area contributed by atoms with Crippen LogP contribution in [0.15, 0.2) is 18.2 Å². The molecule has 12 heavy (non-hydrogen) atoms. The Kier molecular flexibility index (Phi) is 1.96. The second kappa shape index (κ2) is 3.11. The summed E-state index contributed by atoms with van der Waals surface area (Å²) in [5, 5.41) is 0. The molecule has 0 spiro atoms. The largest absolute Gasteiger partial charge is 0.434 e. The van der Waals surface area contributed by atoms with E-state index in [1.807, 2.05) is 12.1 Å². The van der Waals surface area contributed by atoms with Gasteiger partial charge in [0.25, 0.3) is 0 Å². The lowest BCUT2D eigenvalue weighted by Gasteiger charge is -2.14. The summed E-state index contributed by atoms with van der Waals surface area (Å²) >= 11 is 0. The van der Waals surface area contributed by atoms with Crippen LogP contribution >= 0.6 is 0 Å². The Labute approximate surface area is 71.8 Å². The number of rotatable bonds is 1. The van der Waals surface area contributed by atoms with Gasteiger partial charge in [-0.3, -0.25) is 4.79 Å². The van der Waals surface area contributed by atoms with Gasteiger partial charge in [0.1, 0.15) is 6.29 Å². The molecular formula is C9H8BO2. The molecule has 0 aromatic heterocycles. The Balaban J connectivity index is 2.42. The lowest BCUT2D eigenvalue weighted by molar-refractivity contribution is 0.112. The third-order valence-corrected chi connectivity index (χ3v) is 2.00. The first-order valence-corrected chi connectivity index (χ1v) is 3.93. The maximum absolute atomic E-state index is 10.5. The van der Waals surface area contributed by atoms with Gasteiger partial charge in [0.05, 0.1) is 0 Å². The molecule has 2 rings (SSSR count). The van der Waals surface area contributed by atoms with Gasteiger partial charge >= 0.3 is 7.48 Å². The van der Waals surface area contributed by atoms with Crippen molar-refractivity contribution in [2.24, 2.45) is 0 Å². The number of benzene rings is 1. The smallest absolute Gasteiger partial charge is 0.330 e. The van der Waals surface area contributed by atoms with E-state index in [2.05, 4.69) is 0 Å². The Morgan fingerprint density at radius 2 is 2.42 bits per heavy atom. The Morgan fingerprint density at radius 3 is 3.25 bits per heavy atom. The SMILES string of the molecule is O=Cc1ccc2c(c1)CCO[B]2. The molecule has 2 nitrogen and oxygen atoms in total. The summed E-state index contributed by atoms with van der Waals surface area (Å²) in [5.74, 6) is 0. The van der Waals surface area contributed by atoms with Crippen LogP contribution < -0.4 is 5.46 Å². The Morgan fingerprint density at radius 1 is 1.50 bits per heavy atom. The minimum Gasteiger partial charge on any atom is -0.434 e. The summed E-state index contributed by atoms with van der Waals surface area (Å²) in [5.41, 5.74) is 3.03. The van der Waals surface area contributed by atoms with E-state index in [1.165, 1.54) is 5.56 Å². The van der Waals surface area contributed by atoms with Crippen molar-refractivity contribution in [1.29, 1.82) is 0 Å². The molecule has 0 atom stereocenters. The van der Waals surface area contributed by atoms with Gasteiger partial charge in [0.2, 0.25) is 0 Å². The first-order valence-electron chi connectivity index (χ1n) is 3.93. The van der Waals surface area contributed by atoms with Gasteiger partial charge in [0.15, 0.2) is 0 Å². The fourth-order valence-corrected chi connectivity index (χ4v) is 1.35. The van der Waals surface area contributed by atoms with Gasteiger partial charge in [-0.05, 0) is 18.1 Å². The van der Waals surface area contributed by atoms with Gasteiger partial charge in [-0.25, -0.2) is 0 Å². The number of aldehydes is 1. The average Bonchev–Trinajstić information content (AvgIpc) is 2.17. The molecule has 0 saturated carbocycles. The van der Waals surface area contributed by atoms with Crippen molar-refractivity contribution in [3.05, 3.63) is 29.3 Å². The molecule has 0 saturated heterocycles. The van der Waals surface area contributed by atoms with Crippen LogP contribution in [0.25, 0.3) is 0 Å². The second-order valence-corrected chi connectivity index (χ2v) is 2.81. The number of hydrogen-bond acceptors (Lipinski definition) is 2. The van der Waals surface area contributed by atoms with Crippen LogP contribution in [-0.4, -0.2) is 20.4 Å². The molecule has 1 heterocycles. The molecular weight excluding hydrogens is 151 g/mol. The standard InChI is InChI=1S/C9H8BO2/c11-6-7-1-2-9-8(5-7)3-4-12-10-9/h1-2,5-6H,3-4H2. The maximum atomic E-state index is 10.5. The topological polar surface area (TPSA) is 26.3 Å². The molecule has 0 N–H and O–H groups in total. The molecule has 0 fully saturated rings. The summed E-state index contributed by atoms with van der Waals surface area (Å²) in [6.45, 7) is 0.718. The minimum atomic E-state index is 0.718. The van der Waals surface area contributed by atoms with Crippen LogP contribution in [-0.2, 0) is 11.1 Å². The van der Waals surface area contributed by atoms with Crippen LogP contribution in [0.1, 0.15) is 15.9 Å². The second-order valence-electron chi connectivity index (χ2n) is 2.81. The fraction of sp³-hybridized carbons (Fsp3) is 0.222. The van der Waals surface area contributed by atoms with E-state index in [9.17, 15) is 4.79 Å². The molecule has 1 aliphatic rings. The number of carbonyl (C=O) groups excluding carboxylic acids is 1. The Bertz CT molecular complexity index is 309. The lowest BCUT2D eigenvalue weighted by atomic mass is 9.80. The van der Waals surface area contributed by atoms with Crippen molar-refractivity contribution in [3.8, 4) is 0 Å². The van der Waals surface area contributed by atoms with Crippen molar-refractivity contribution in [3.63, 3.8) is 0 Å². The third-order valence-electron chi connectivity index (χ3n) is 2.00. The Hall–Kier alpha value is -1.09.